The van der Waals surface area contributed by atoms with Gasteiger partial charge in [-0.3, -0.25) is 0 Å². The summed E-state index contributed by atoms with van der Waals surface area (Å²) in [5.41, 5.74) is 0.517. The maximum atomic E-state index is 10.7. The molecule has 0 bridgehead atoms. The van der Waals surface area contributed by atoms with Gasteiger partial charge in [0.1, 0.15) is 0 Å². The number of thiophene rings is 1. The molecule has 1 aromatic heterocycles. The van der Waals surface area contributed by atoms with Crippen LogP contribution < -0.4 is 0 Å². The zero-order chi connectivity index (χ0) is 11.0. The summed E-state index contributed by atoms with van der Waals surface area (Å²) in [6, 6.07) is 7.49. The first-order chi connectivity index (χ1) is 7.11. The van der Waals surface area contributed by atoms with Crippen LogP contribution in [0.1, 0.15) is 16.5 Å². The Balaban J connectivity index is 2.68. The van der Waals surface area contributed by atoms with Crippen molar-refractivity contribution < 1.29 is 15.0 Å². The quantitative estimate of drug-likeness (QED) is 0.819. The van der Waals surface area contributed by atoms with E-state index in [1.54, 1.807) is 0 Å². The van der Waals surface area contributed by atoms with Gasteiger partial charge in [-0.1, -0.05) is 18.2 Å². The number of rotatable bonds is 2. The van der Waals surface area contributed by atoms with Crippen LogP contribution in [-0.2, 0) is 4.79 Å². The first-order valence-corrected chi connectivity index (χ1v) is 5.32. The zero-order valence-electron chi connectivity index (χ0n) is 8.10. The molecule has 15 heavy (non-hydrogen) atoms. The summed E-state index contributed by atoms with van der Waals surface area (Å²) in [7, 11) is 0. The average Bonchev–Trinajstić information content (AvgIpc) is 2.52. The summed E-state index contributed by atoms with van der Waals surface area (Å²) < 4.78 is 1.00. The van der Waals surface area contributed by atoms with E-state index in [1.165, 1.54) is 11.3 Å². The molecular weight excluding hydrogens is 212 g/mol. The fourth-order valence-corrected chi connectivity index (χ4v) is 2.75. The number of aliphatic hydroxyl groups excluding tert-OH is 1. The molecule has 4 heteroatoms. The highest BCUT2D eigenvalue weighted by molar-refractivity contribution is 7.19. The highest BCUT2D eigenvalue weighted by atomic mass is 32.1. The molecule has 0 aliphatic heterocycles. The lowest BCUT2D eigenvalue weighted by molar-refractivity contribution is -0.146. The van der Waals surface area contributed by atoms with Gasteiger partial charge in [-0.15, -0.1) is 11.3 Å². The van der Waals surface area contributed by atoms with Gasteiger partial charge in [0.25, 0.3) is 0 Å². The van der Waals surface area contributed by atoms with Crippen LogP contribution in [0.5, 0.6) is 0 Å². The molecule has 0 saturated heterocycles. The summed E-state index contributed by atoms with van der Waals surface area (Å²) in [6.45, 7) is 1.83. The lowest BCUT2D eigenvalue weighted by atomic mass is 10.1. The molecule has 0 saturated carbocycles. The second-order valence-electron chi connectivity index (χ2n) is 3.31. The van der Waals surface area contributed by atoms with E-state index in [9.17, 15) is 9.90 Å². The summed E-state index contributed by atoms with van der Waals surface area (Å²) >= 11 is 1.50. The third-order valence-electron chi connectivity index (χ3n) is 2.33. The predicted molar refractivity (Wildman–Crippen MR) is 59.2 cm³/mol. The van der Waals surface area contributed by atoms with E-state index in [4.69, 9.17) is 5.11 Å². The molecule has 2 N–H and O–H groups in total. The average molecular weight is 222 g/mol. The van der Waals surface area contributed by atoms with Crippen molar-refractivity contribution in [2.45, 2.75) is 13.0 Å². The van der Waals surface area contributed by atoms with Crippen LogP contribution in [0.4, 0.5) is 0 Å². The van der Waals surface area contributed by atoms with Gasteiger partial charge in [0.15, 0.2) is 6.10 Å². The van der Waals surface area contributed by atoms with Crippen LogP contribution in [0.3, 0.4) is 0 Å². The van der Waals surface area contributed by atoms with Crippen molar-refractivity contribution in [2.24, 2.45) is 0 Å². The van der Waals surface area contributed by atoms with Crippen molar-refractivity contribution in [3.8, 4) is 0 Å². The fourth-order valence-electron chi connectivity index (χ4n) is 1.65. The number of hydrogen-bond acceptors (Lipinski definition) is 3. The van der Waals surface area contributed by atoms with E-state index >= 15 is 0 Å². The normalized spacial score (nSPS) is 12.9. The van der Waals surface area contributed by atoms with Gasteiger partial charge in [-0.2, -0.15) is 0 Å². The summed E-state index contributed by atoms with van der Waals surface area (Å²) in [5.74, 6) is -1.21. The summed E-state index contributed by atoms with van der Waals surface area (Å²) in [5, 5.41) is 19.2. The number of carboxylic acids is 1. The van der Waals surface area contributed by atoms with Crippen molar-refractivity contribution in [1.82, 2.24) is 0 Å². The molecule has 2 aromatic rings. The highest BCUT2D eigenvalue weighted by Crippen LogP contribution is 2.34. The third kappa shape index (κ3) is 1.62. The minimum absolute atomic E-state index is 0.517. The van der Waals surface area contributed by atoms with Crippen molar-refractivity contribution in [2.75, 3.05) is 0 Å². The predicted octanol–water partition coefficient (Wildman–Crippen LogP) is 2.33. The molecule has 0 aliphatic carbocycles. The number of carboxylic acid groups (broad SMARTS) is 1. The van der Waals surface area contributed by atoms with Crippen LogP contribution >= 0.6 is 11.3 Å². The van der Waals surface area contributed by atoms with Gasteiger partial charge in [0.2, 0.25) is 0 Å². The lowest BCUT2D eigenvalue weighted by Gasteiger charge is -2.05. The molecule has 2 rings (SSSR count). The number of aliphatic hydroxyl groups is 1. The standard InChI is InChI=1S/C11H10O3S/c1-6-9(10(12)11(13)14)7-4-2-3-5-8(7)15-6/h2-5,10,12H,1H3,(H,13,14). The molecule has 0 fully saturated rings. The van der Waals surface area contributed by atoms with Gasteiger partial charge in [0, 0.05) is 15.1 Å². The van der Waals surface area contributed by atoms with Crippen LogP contribution in [0.2, 0.25) is 0 Å². The zero-order valence-corrected chi connectivity index (χ0v) is 8.91. The molecule has 3 nitrogen and oxygen atoms in total. The molecule has 0 amide bonds. The van der Waals surface area contributed by atoms with Crippen LogP contribution in [0.15, 0.2) is 24.3 Å². The van der Waals surface area contributed by atoms with E-state index < -0.39 is 12.1 Å². The minimum atomic E-state index is -1.43. The van der Waals surface area contributed by atoms with Crippen LogP contribution in [0.25, 0.3) is 10.1 Å². The molecule has 0 radical (unpaired) electrons. The Hall–Kier alpha value is -1.39. The van der Waals surface area contributed by atoms with Gasteiger partial charge < -0.3 is 10.2 Å². The molecule has 1 unspecified atom stereocenters. The Morgan fingerprint density at radius 2 is 2.07 bits per heavy atom. The van der Waals surface area contributed by atoms with E-state index in [0.717, 1.165) is 15.0 Å². The first kappa shape index (κ1) is 10.1. The smallest absolute Gasteiger partial charge is 0.337 e. The number of aliphatic carboxylic acids is 1. The number of fused-ring (bicyclic) bond motifs is 1. The van der Waals surface area contributed by atoms with E-state index in [2.05, 4.69) is 0 Å². The van der Waals surface area contributed by atoms with E-state index in [-0.39, 0.29) is 0 Å². The third-order valence-corrected chi connectivity index (χ3v) is 3.43. The Morgan fingerprint density at radius 3 is 2.73 bits per heavy atom. The molecule has 1 aromatic carbocycles. The largest absolute Gasteiger partial charge is 0.479 e. The van der Waals surface area contributed by atoms with Crippen molar-refractivity contribution in [3.63, 3.8) is 0 Å². The minimum Gasteiger partial charge on any atom is -0.479 e. The molecule has 0 spiro atoms. The molecular formula is C11H10O3S. The van der Waals surface area contributed by atoms with E-state index in [1.807, 2.05) is 31.2 Å². The summed E-state index contributed by atoms with van der Waals surface area (Å²) in [4.78, 5) is 11.6. The monoisotopic (exact) mass is 222 g/mol. The molecule has 1 heterocycles. The Bertz CT molecular complexity index is 516. The number of aryl methyl sites for hydroxylation is 1. The highest BCUT2D eigenvalue weighted by Gasteiger charge is 2.22. The van der Waals surface area contributed by atoms with Crippen LogP contribution in [-0.4, -0.2) is 16.2 Å². The lowest BCUT2D eigenvalue weighted by Crippen LogP contribution is -2.10. The van der Waals surface area contributed by atoms with Gasteiger partial charge in [0.05, 0.1) is 0 Å². The molecule has 78 valence electrons. The maximum absolute atomic E-state index is 10.7. The maximum Gasteiger partial charge on any atom is 0.337 e. The molecule has 1 atom stereocenters. The number of hydrogen-bond donors (Lipinski definition) is 2. The molecule has 0 aliphatic rings. The van der Waals surface area contributed by atoms with E-state index in [0.29, 0.717) is 5.56 Å². The second-order valence-corrected chi connectivity index (χ2v) is 4.57. The Kier molecular flexibility index (Phi) is 2.46. The second kappa shape index (κ2) is 3.64. The number of benzene rings is 1. The Labute approximate surface area is 90.6 Å². The van der Waals surface area contributed by atoms with Crippen LogP contribution in [0, 0.1) is 6.92 Å². The SMILES string of the molecule is Cc1sc2ccccc2c1C(O)C(=O)O. The van der Waals surface area contributed by atoms with Gasteiger partial charge >= 0.3 is 5.97 Å². The number of carbonyl (C=O) groups is 1. The van der Waals surface area contributed by atoms with Crippen molar-refractivity contribution in [3.05, 3.63) is 34.7 Å². The van der Waals surface area contributed by atoms with Gasteiger partial charge in [-0.05, 0) is 18.4 Å². The summed E-state index contributed by atoms with van der Waals surface area (Å²) in [6.07, 6.45) is -1.43. The van der Waals surface area contributed by atoms with Gasteiger partial charge in [-0.25, -0.2) is 4.79 Å². The Morgan fingerprint density at radius 1 is 1.40 bits per heavy atom. The topological polar surface area (TPSA) is 57.5 Å². The van der Waals surface area contributed by atoms with Crippen molar-refractivity contribution in [1.29, 1.82) is 0 Å². The van der Waals surface area contributed by atoms with Crippen molar-refractivity contribution >= 4 is 27.4 Å². The fraction of sp³-hybridized carbons (Fsp3) is 0.182. The first-order valence-electron chi connectivity index (χ1n) is 4.50.